The van der Waals surface area contributed by atoms with Gasteiger partial charge < -0.3 is 5.11 Å². The topological polar surface area (TPSA) is 20.2 Å². The first-order chi connectivity index (χ1) is 7.38. The van der Waals surface area contributed by atoms with Crippen molar-refractivity contribution in [2.45, 2.75) is 31.6 Å². The van der Waals surface area contributed by atoms with Crippen LogP contribution in [-0.2, 0) is 0 Å². The van der Waals surface area contributed by atoms with Crippen LogP contribution in [0, 0.1) is 0 Å². The Kier molecular flexibility index (Phi) is 6.02. The molecule has 84 valence electrons. The van der Waals surface area contributed by atoms with Crippen LogP contribution >= 0.6 is 0 Å². The highest BCUT2D eigenvalue weighted by atomic mass is 19.1. The molecule has 1 aromatic carbocycles. The Balaban J connectivity index is 2.55. The molecule has 0 aliphatic carbocycles. The van der Waals surface area contributed by atoms with Crippen LogP contribution in [0.2, 0.25) is 0 Å². The summed E-state index contributed by atoms with van der Waals surface area (Å²) < 4.78 is 12.1. The zero-order chi connectivity index (χ0) is 10.9. The molecule has 0 saturated heterocycles. The average Bonchev–Trinajstić information content (AvgIpc) is 2.30. The van der Waals surface area contributed by atoms with Gasteiger partial charge in [0.25, 0.3) is 0 Å². The Morgan fingerprint density at radius 3 is 2.33 bits per heavy atom. The molecule has 0 bridgehead atoms. The van der Waals surface area contributed by atoms with E-state index >= 15 is 0 Å². The Labute approximate surface area is 90.9 Å². The van der Waals surface area contributed by atoms with Crippen LogP contribution in [0.5, 0.6) is 0 Å². The maximum absolute atomic E-state index is 12.1. The van der Waals surface area contributed by atoms with E-state index in [1.54, 1.807) is 0 Å². The van der Waals surface area contributed by atoms with Crippen molar-refractivity contribution in [1.29, 1.82) is 0 Å². The van der Waals surface area contributed by atoms with E-state index in [-0.39, 0.29) is 13.3 Å². The summed E-state index contributed by atoms with van der Waals surface area (Å²) in [6.07, 6.45) is 3.23. The van der Waals surface area contributed by atoms with E-state index in [1.165, 1.54) is 5.56 Å². The summed E-state index contributed by atoms with van der Waals surface area (Å²) in [4.78, 5) is 0. The van der Waals surface area contributed by atoms with Gasteiger partial charge in [-0.25, -0.2) is 0 Å². The largest absolute Gasteiger partial charge is 0.396 e. The lowest BCUT2D eigenvalue weighted by molar-refractivity contribution is 0.277. The normalized spacial score (nSPS) is 12.7. The predicted octanol–water partition coefficient (Wildman–Crippen LogP) is 3.29. The van der Waals surface area contributed by atoms with Crippen molar-refractivity contribution in [2.75, 3.05) is 13.3 Å². The minimum absolute atomic E-state index is 0.221. The molecule has 0 radical (unpaired) electrons. The maximum atomic E-state index is 12.1. The van der Waals surface area contributed by atoms with Crippen molar-refractivity contribution in [3.8, 4) is 0 Å². The standard InChI is InChI=1S/C13H19FO/c14-10-4-8-13(9-5-11-15)12-6-2-1-3-7-12/h1-3,6-7,13,15H,4-5,8-11H2. The van der Waals surface area contributed by atoms with Crippen molar-refractivity contribution in [1.82, 2.24) is 0 Å². The third-order valence-electron chi connectivity index (χ3n) is 2.67. The molecule has 1 rings (SSSR count). The summed E-state index contributed by atoms with van der Waals surface area (Å²) in [5.41, 5.74) is 1.26. The van der Waals surface area contributed by atoms with Crippen molar-refractivity contribution in [3.05, 3.63) is 35.9 Å². The van der Waals surface area contributed by atoms with Crippen molar-refractivity contribution >= 4 is 0 Å². The van der Waals surface area contributed by atoms with Crippen molar-refractivity contribution in [3.63, 3.8) is 0 Å². The van der Waals surface area contributed by atoms with Crippen LogP contribution < -0.4 is 0 Å². The van der Waals surface area contributed by atoms with E-state index in [2.05, 4.69) is 12.1 Å². The molecule has 0 aliphatic heterocycles. The summed E-state index contributed by atoms with van der Waals surface area (Å²) in [6, 6.07) is 10.2. The van der Waals surface area contributed by atoms with E-state index in [9.17, 15) is 4.39 Å². The van der Waals surface area contributed by atoms with E-state index < -0.39 is 0 Å². The predicted molar refractivity (Wildman–Crippen MR) is 60.7 cm³/mol. The van der Waals surface area contributed by atoms with Crippen molar-refractivity contribution in [2.24, 2.45) is 0 Å². The summed E-state index contributed by atoms with van der Waals surface area (Å²) in [5, 5.41) is 8.81. The van der Waals surface area contributed by atoms with Gasteiger partial charge in [-0.1, -0.05) is 30.3 Å². The van der Waals surface area contributed by atoms with Gasteiger partial charge in [0.1, 0.15) is 0 Å². The smallest absolute Gasteiger partial charge is 0.0894 e. The molecular weight excluding hydrogens is 191 g/mol. The highest BCUT2D eigenvalue weighted by Gasteiger charge is 2.10. The number of alkyl halides is 1. The highest BCUT2D eigenvalue weighted by molar-refractivity contribution is 5.19. The number of aliphatic hydroxyl groups excluding tert-OH is 1. The average molecular weight is 210 g/mol. The van der Waals surface area contributed by atoms with Crippen LogP contribution in [0.15, 0.2) is 30.3 Å². The maximum Gasteiger partial charge on any atom is 0.0894 e. The molecule has 0 spiro atoms. The molecular formula is C13H19FO. The first-order valence-corrected chi connectivity index (χ1v) is 5.60. The zero-order valence-corrected chi connectivity index (χ0v) is 9.03. The van der Waals surface area contributed by atoms with Gasteiger partial charge in [0.05, 0.1) is 6.67 Å². The molecule has 0 fully saturated rings. The van der Waals surface area contributed by atoms with Crippen molar-refractivity contribution < 1.29 is 9.50 Å². The molecule has 1 nitrogen and oxygen atoms in total. The number of benzene rings is 1. The number of halogens is 1. The number of rotatable bonds is 7. The fraction of sp³-hybridized carbons (Fsp3) is 0.538. The van der Waals surface area contributed by atoms with Gasteiger partial charge in [0.15, 0.2) is 0 Å². The lowest BCUT2D eigenvalue weighted by Gasteiger charge is -2.16. The molecule has 1 unspecified atom stereocenters. The fourth-order valence-electron chi connectivity index (χ4n) is 1.86. The van der Waals surface area contributed by atoms with Crippen LogP contribution in [0.25, 0.3) is 0 Å². The van der Waals surface area contributed by atoms with Crippen LogP contribution in [-0.4, -0.2) is 18.4 Å². The summed E-state index contributed by atoms with van der Waals surface area (Å²) >= 11 is 0. The quantitative estimate of drug-likeness (QED) is 0.732. The molecule has 0 aromatic heterocycles. The van der Waals surface area contributed by atoms with Gasteiger partial charge in [-0.2, -0.15) is 0 Å². The second kappa shape index (κ2) is 7.41. The Morgan fingerprint density at radius 1 is 1.07 bits per heavy atom. The SMILES string of the molecule is OCCCC(CCCF)c1ccccc1. The van der Waals surface area contributed by atoms with Crippen LogP contribution in [0.3, 0.4) is 0 Å². The molecule has 1 N–H and O–H groups in total. The van der Waals surface area contributed by atoms with E-state index in [0.29, 0.717) is 12.3 Å². The molecule has 0 heterocycles. The third kappa shape index (κ3) is 4.43. The van der Waals surface area contributed by atoms with Gasteiger partial charge in [0, 0.05) is 6.61 Å². The molecule has 0 amide bonds. The van der Waals surface area contributed by atoms with Gasteiger partial charge in [-0.3, -0.25) is 4.39 Å². The van der Waals surface area contributed by atoms with Gasteiger partial charge in [-0.05, 0) is 37.2 Å². The lowest BCUT2D eigenvalue weighted by atomic mass is 9.90. The van der Waals surface area contributed by atoms with E-state index in [1.807, 2.05) is 18.2 Å². The Bertz CT molecular complexity index is 240. The zero-order valence-electron chi connectivity index (χ0n) is 9.03. The molecule has 1 aromatic rings. The van der Waals surface area contributed by atoms with Crippen LogP contribution in [0.1, 0.15) is 37.2 Å². The number of hydrogen-bond donors (Lipinski definition) is 1. The molecule has 0 aliphatic rings. The van der Waals surface area contributed by atoms with Gasteiger partial charge in [0.2, 0.25) is 0 Å². The second-order valence-electron chi connectivity index (χ2n) is 3.80. The van der Waals surface area contributed by atoms with Gasteiger partial charge in [-0.15, -0.1) is 0 Å². The molecule has 1 atom stereocenters. The summed E-state index contributed by atoms with van der Waals surface area (Å²) in [7, 11) is 0. The summed E-state index contributed by atoms with van der Waals surface area (Å²) in [6.45, 7) is -0.0264. The number of aliphatic hydroxyl groups is 1. The second-order valence-corrected chi connectivity index (χ2v) is 3.80. The first-order valence-electron chi connectivity index (χ1n) is 5.60. The third-order valence-corrected chi connectivity index (χ3v) is 2.67. The minimum Gasteiger partial charge on any atom is -0.396 e. The first kappa shape index (κ1) is 12.2. The van der Waals surface area contributed by atoms with E-state index in [4.69, 9.17) is 5.11 Å². The van der Waals surface area contributed by atoms with E-state index in [0.717, 1.165) is 19.3 Å². The highest BCUT2D eigenvalue weighted by Crippen LogP contribution is 2.25. The number of hydrogen-bond acceptors (Lipinski definition) is 1. The van der Waals surface area contributed by atoms with Crippen LogP contribution in [0.4, 0.5) is 4.39 Å². The Hall–Kier alpha value is -0.890. The minimum atomic E-state index is -0.248. The fourth-order valence-corrected chi connectivity index (χ4v) is 1.86. The molecule has 2 heteroatoms. The Morgan fingerprint density at radius 2 is 1.73 bits per heavy atom. The van der Waals surface area contributed by atoms with Gasteiger partial charge >= 0.3 is 0 Å². The monoisotopic (exact) mass is 210 g/mol. The molecule has 15 heavy (non-hydrogen) atoms. The summed E-state index contributed by atoms with van der Waals surface area (Å²) in [5.74, 6) is 0.397. The molecule has 0 saturated carbocycles. The lowest BCUT2D eigenvalue weighted by Crippen LogP contribution is -2.01.